The zero-order valence-corrected chi connectivity index (χ0v) is 18.0. The number of nitrogens with zero attached hydrogens (tertiary/aromatic N) is 1. The van der Waals surface area contributed by atoms with Crippen LogP contribution in [-0.2, 0) is 16.1 Å². The predicted octanol–water partition coefficient (Wildman–Crippen LogP) is 4.50. The van der Waals surface area contributed by atoms with Crippen molar-refractivity contribution in [2.24, 2.45) is 0 Å². The smallest absolute Gasteiger partial charge is 0.261 e. The van der Waals surface area contributed by atoms with Gasteiger partial charge in [-0.05, 0) is 41.8 Å². The molecule has 0 saturated carbocycles. The Bertz CT molecular complexity index is 995. The average Bonchev–Trinajstić information content (AvgIpc) is 2.83. The van der Waals surface area contributed by atoms with Crippen LogP contribution in [0.5, 0.6) is 5.75 Å². The molecule has 0 unspecified atom stereocenters. The fourth-order valence-corrected chi connectivity index (χ4v) is 3.31. The Morgan fingerprint density at radius 1 is 0.938 bits per heavy atom. The number of amides is 2. The molecule has 0 aliphatic heterocycles. The largest absolute Gasteiger partial charge is 0.484 e. The number of hydrogen-bond acceptors (Lipinski definition) is 3. The standard InChI is InChI=1S/C26H27FN2O3/c1-2-17-28-26(31)25(21-9-5-3-6-10-21)29(18-20-13-15-22(27)16-14-20)24(30)19-32-23-11-7-4-8-12-23/h3-16,25H,2,17-19H2,1H3,(H,28,31)/t25-/m1/s1. The summed E-state index contributed by atoms with van der Waals surface area (Å²) in [6.07, 6.45) is 0.774. The highest BCUT2D eigenvalue weighted by atomic mass is 19.1. The third kappa shape index (κ3) is 6.41. The molecule has 0 heterocycles. The number of carbonyl (C=O) groups is 2. The third-order valence-electron chi connectivity index (χ3n) is 4.92. The van der Waals surface area contributed by atoms with E-state index in [4.69, 9.17) is 4.74 Å². The van der Waals surface area contributed by atoms with Crippen molar-refractivity contribution in [1.82, 2.24) is 10.2 Å². The summed E-state index contributed by atoms with van der Waals surface area (Å²) in [6, 6.07) is 23.2. The maximum Gasteiger partial charge on any atom is 0.261 e. The fourth-order valence-electron chi connectivity index (χ4n) is 3.31. The van der Waals surface area contributed by atoms with Crippen LogP contribution in [-0.4, -0.2) is 29.9 Å². The van der Waals surface area contributed by atoms with Gasteiger partial charge in [0.05, 0.1) is 0 Å². The van der Waals surface area contributed by atoms with Crippen molar-refractivity contribution in [1.29, 1.82) is 0 Å². The molecule has 0 saturated heterocycles. The van der Waals surface area contributed by atoms with Crippen molar-refractivity contribution in [3.63, 3.8) is 0 Å². The lowest BCUT2D eigenvalue weighted by Gasteiger charge is -2.31. The van der Waals surface area contributed by atoms with Crippen LogP contribution in [0.1, 0.15) is 30.5 Å². The number of rotatable bonds is 10. The second-order valence-electron chi connectivity index (χ2n) is 7.35. The first-order chi connectivity index (χ1) is 15.6. The second-order valence-corrected chi connectivity index (χ2v) is 7.35. The molecule has 3 aromatic rings. The normalized spacial score (nSPS) is 11.4. The van der Waals surface area contributed by atoms with E-state index in [-0.39, 0.29) is 30.8 Å². The molecule has 0 bridgehead atoms. The molecule has 0 aromatic heterocycles. The molecule has 1 atom stereocenters. The van der Waals surface area contributed by atoms with Crippen molar-refractivity contribution in [2.45, 2.75) is 25.9 Å². The minimum atomic E-state index is -0.848. The average molecular weight is 435 g/mol. The van der Waals surface area contributed by atoms with E-state index in [9.17, 15) is 14.0 Å². The lowest BCUT2D eigenvalue weighted by atomic mass is 10.0. The van der Waals surface area contributed by atoms with Gasteiger partial charge in [-0.1, -0.05) is 67.6 Å². The van der Waals surface area contributed by atoms with Gasteiger partial charge in [-0.25, -0.2) is 4.39 Å². The highest BCUT2D eigenvalue weighted by Gasteiger charge is 2.31. The Morgan fingerprint density at radius 2 is 1.56 bits per heavy atom. The van der Waals surface area contributed by atoms with Gasteiger partial charge in [0.25, 0.3) is 5.91 Å². The molecule has 0 aliphatic carbocycles. The van der Waals surface area contributed by atoms with Crippen molar-refractivity contribution in [3.05, 3.63) is 102 Å². The molecule has 3 aromatic carbocycles. The van der Waals surface area contributed by atoms with E-state index >= 15 is 0 Å². The van der Waals surface area contributed by atoms with Gasteiger partial charge in [0.1, 0.15) is 17.6 Å². The van der Waals surface area contributed by atoms with Crippen molar-refractivity contribution < 1.29 is 18.7 Å². The first-order valence-electron chi connectivity index (χ1n) is 10.6. The lowest BCUT2D eigenvalue weighted by molar-refractivity contribution is -0.143. The van der Waals surface area contributed by atoms with E-state index < -0.39 is 6.04 Å². The molecule has 0 aliphatic rings. The Balaban J connectivity index is 1.91. The van der Waals surface area contributed by atoms with E-state index in [2.05, 4.69) is 5.32 Å². The molecular weight excluding hydrogens is 407 g/mol. The first-order valence-corrected chi connectivity index (χ1v) is 10.6. The zero-order valence-electron chi connectivity index (χ0n) is 18.0. The molecule has 1 N–H and O–H groups in total. The van der Waals surface area contributed by atoms with Crippen LogP contribution in [0.3, 0.4) is 0 Å². The molecule has 166 valence electrons. The Labute approximate surface area is 187 Å². The van der Waals surface area contributed by atoms with E-state index in [1.54, 1.807) is 24.3 Å². The number of para-hydroxylation sites is 1. The number of carbonyl (C=O) groups excluding carboxylic acids is 2. The molecule has 5 nitrogen and oxygen atoms in total. The van der Waals surface area contributed by atoms with Crippen LogP contribution >= 0.6 is 0 Å². The van der Waals surface area contributed by atoms with Gasteiger partial charge in [-0.3, -0.25) is 9.59 Å². The Hall–Kier alpha value is -3.67. The minimum absolute atomic E-state index is 0.135. The highest BCUT2D eigenvalue weighted by molar-refractivity contribution is 5.89. The molecule has 2 amide bonds. The van der Waals surface area contributed by atoms with Gasteiger partial charge in [0.15, 0.2) is 6.61 Å². The fraction of sp³-hybridized carbons (Fsp3) is 0.231. The van der Waals surface area contributed by atoms with Gasteiger partial charge in [0, 0.05) is 13.1 Å². The predicted molar refractivity (Wildman–Crippen MR) is 121 cm³/mol. The number of hydrogen-bond donors (Lipinski definition) is 1. The van der Waals surface area contributed by atoms with Crippen LogP contribution in [0.4, 0.5) is 4.39 Å². The summed E-state index contributed by atoms with van der Waals surface area (Å²) in [6.45, 7) is 2.38. The molecule has 32 heavy (non-hydrogen) atoms. The summed E-state index contributed by atoms with van der Waals surface area (Å²) in [5, 5.41) is 2.90. The summed E-state index contributed by atoms with van der Waals surface area (Å²) in [5.41, 5.74) is 1.40. The van der Waals surface area contributed by atoms with Crippen LogP contribution in [0.2, 0.25) is 0 Å². The summed E-state index contributed by atoms with van der Waals surface area (Å²) < 4.78 is 19.1. The van der Waals surface area contributed by atoms with Crippen molar-refractivity contribution in [3.8, 4) is 5.75 Å². The lowest BCUT2D eigenvalue weighted by Crippen LogP contribution is -2.45. The van der Waals surface area contributed by atoms with Crippen molar-refractivity contribution in [2.75, 3.05) is 13.2 Å². The summed E-state index contributed by atoms with van der Waals surface area (Å²) in [5.74, 6) is -0.416. The van der Waals surface area contributed by atoms with Crippen LogP contribution in [0.25, 0.3) is 0 Å². The molecule has 6 heteroatoms. The summed E-state index contributed by atoms with van der Waals surface area (Å²) in [4.78, 5) is 28.0. The highest BCUT2D eigenvalue weighted by Crippen LogP contribution is 2.24. The number of halogens is 1. The number of ether oxygens (including phenoxy) is 1. The maximum absolute atomic E-state index is 13.4. The maximum atomic E-state index is 13.4. The second kappa shape index (κ2) is 11.6. The number of benzene rings is 3. The van der Waals surface area contributed by atoms with Crippen LogP contribution in [0.15, 0.2) is 84.9 Å². The van der Waals surface area contributed by atoms with Gasteiger partial charge in [-0.2, -0.15) is 0 Å². The number of nitrogens with one attached hydrogen (secondary N) is 1. The monoisotopic (exact) mass is 434 g/mol. The zero-order chi connectivity index (χ0) is 22.8. The topological polar surface area (TPSA) is 58.6 Å². The molecule has 0 fully saturated rings. The summed E-state index contributed by atoms with van der Waals surface area (Å²) in [7, 11) is 0. The van der Waals surface area contributed by atoms with E-state index in [0.717, 1.165) is 6.42 Å². The van der Waals surface area contributed by atoms with Crippen LogP contribution < -0.4 is 10.1 Å². The van der Waals surface area contributed by atoms with Gasteiger partial charge < -0.3 is 15.0 Å². The van der Waals surface area contributed by atoms with E-state index in [1.807, 2.05) is 55.5 Å². The van der Waals surface area contributed by atoms with Gasteiger partial charge in [-0.15, -0.1) is 0 Å². The quantitative estimate of drug-likeness (QED) is 0.511. The Kier molecular flexibility index (Phi) is 8.37. The minimum Gasteiger partial charge on any atom is -0.484 e. The van der Waals surface area contributed by atoms with Gasteiger partial charge in [0.2, 0.25) is 5.91 Å². The van der Waals surface area contributed by atoms with E-state index in [1.165, 1.54) is 17.0 Å². The Morgan fingerprint density at radius 3 is 2.19 bits per heavy atom. The van der Waals surface area contributed by atoms with Crippen LogP contribution in [0, 0.1) is 5.82 Å². The van der Waals surface area contributed by atoms with Crippen molar-refractivity contribution >= 4 is 11.8 Å². The summed E-state index contributed by atoms with van der Waals surface area (Å²) >= 11 is 0. The SMILES string of the molecule is CCCNC(=O)[C@@H](c1ccccc1)N(Cc1ccc(F)cc1)C(=O)COc1ccccc1. The molecule has 0 spiro atoms. The van der Waals surface area contributed by atoms with Gasteiger partial charge >= 0.3 is 0 Å². The molecule has 0 radical (unpaired) electrons. The van der Waals surface area contributed by atoms with E-state index in [0.29, 0.717) is 23.4 Å². The molecule has 3 rings (SSSR count). The first kappa shape index (κ1) is 23.0. The molecular formula is C26H27FN2O3. The third-order valence-corrected chi connectivity index (χ3v) is 4.92.